The Hall–Kier alpha value is -0.0400. The summed E-state index contributed by atoms with van der Waals surface area (Å²) < 4.78 is 5.40. The predicted molar refractivity (Wildman–Crippen MR) is 40.8 cm³/mol. The molecule has 1 heteroatoms. The third kappa shape index (κ3) is 0.968. The molecule has 0 aromatic heterocycles. The molecule has 1 saturated carbocycles. The van der Waals surface area contributed by atoms with Crippen molar-refractivity contribution in [3.05, 3.63) is 0 Å². The van der Waals surface area contributed by atoms with E-state index in [1.54, 1.807) is 0 Å². The molecule has 2 aliphatic rings. The smallest absolute Gasteiger partial charge is 0.0498 e. The molecule has 0 N–H and O–H groups in total. The van der Waals surface area contributed by atoms with Crippen LogP contribution in [0.2, 0.25) is 0 Å². The lowest BCUT2D eigenvalue weighted by Gasteiger charge is -2.05. The molecule has 0 spiro atoms. The predicted octanol–water partition coefficient (Wildman–Crippen LogP) is 2.07. The fourth-order valence-electron chi connectivity index (χ4n) is 2.45. The molecule has 2 rings (SSSR count). The van der Waals surface area contributed by atoms with Crippen LogP contribution in [0.15, 0.2) is 0 Å². The zero-order valence-electron chi connectivity index (χ0n) is 6.68. The van der Waals surface area contributed by atoms with Crippen molar-refractivity contribution in [3.63, 3.8) is 0 Å². The summed E-state index contributed by atoms with van der Waals surface area (Å²) in [5.41, 5.74) is 0. The normalized spacial score (nSPS) is 45.9. The van der Waals surface area contributed by atoms with Crippen molar-refractivity contribution in [3.8, 4) is 0 Å². The second kappa shape index (κ2) is 2.54. The molecule has 0 aromatic rings. The van der Waals surface area contributed by atoms with Gasteiger partial charge in [-0.05, 0) is 30.6 Å². The van der Waals surface area contributed by atoms with Crippen LogP contribution in [0.25, 0.3) is 0 Å². The van der Waals surface area contributed by atoms with E-state index in [1.165, 1.54) is 19.3 Å². The van der Waals surface area contributed by atoms with E-state index in [2.05, 4.69) is 6.92 Å². The van der Waals surface area contributed by atoms with Crippen LogP contribution in [-0.4, -0.2) is 13.2 Å². The lowest BCUT2D eigenvalue weighted by Crippen LogP contribution is -2.01. The fourth-order valence-corrected chi connectivity index (χ4v) is 2.45. The van der Waals surface area contributed by atoms with Crippen molar-refractivity contribution in [2.24, 2.45) is 17.8 Å². The fraction of sp³-hybridized carbons (Fsp3) is 1.00. The second-order valence-corrected chi connectivity index (χ2v) is 3.80. The summed E-state index contributed by atoms with van der Waals surface area (Å²) in [5.74, 6) is 2.90. The highest BCUT2D eigenvalue weighted by Crippen LogP contribution is 2.41. The Labute approximate surface area is 62.8 Å². The van der Waals surface area contributed by atoms with Gasteiger partial charge in [-0.2, -0.15) is 0 Å². The van der Waals surface area contributed by atoms with E-state index in [-0.39, 0.29) is 0 Å². The maximum Gasteiger partial charge on any atom is 0.0498 e. The summed E-state index contributed by atoms with van der Waals surface area (Å²) in [6.07, 6.45) is 4.27. The van der Waals surface area contributed by atoms with Crippen LogP contribution in [0.5, 0.6) is 0 Å². The summed E-state index contributed by atoms with van der Waals surface area (Å²) in [6.45, 7) is 4.43. The van der Waals surface area contributed by atoms with Gasteiger partial charge in [0.2, 0.25) is 0 Å². The first-order valence-corrected chi connectivity index (χ1v) is 4.48. The zero-order chi connectivity index (χ0) is 6.97. The maximum atomic E-state index is 5.40. The van der Waals surface area contributed by atoms with E-state index in [9.17, 15) is 0 Å². The van der Waals surface area contributed by atoms with Gasteiger partial charge in [0.15, 0.2) is 0 Å². The summed E-state index contributed by atoms with van der Waals surface area (Å²) >= 11 is 0. The van der Waals surface area contributed by atoms with E-state index in [0.717, 1.165) is 31.0 Å². The molecule has 1 aliphatic carbocycles. The molecular formula is C9H16O. The molecule has 1 nitrogen and oxygen atoms in total. The Morgan fingerprint density at radius 3 is 2.30 bits per heavy atom. The molecule has 0 amide bonds. The van der Waals surface area contributed by atoms with E-state index in [1.807, 2.05) is 0 Å². The van der Waals surface area contributed by atoms with Crippen molar-refractivity contribution in [1.82, 2.24) is 0 Å². The first-order valence-electron chi connectivity index (χ1n) is 4.48. The minimum absolute atomic E-state index is 0.935. The topological polar surface area (TPSA) is 9.23 Å². The summed E-state index contributed by atoms with van der Waals surface area (Å²) in [7, 11) is 0. The van der Waals surface area contributed by atoms with Gasteiger partial charge < -0.3 is 4.74 Å². The van der Waals surface area contributed by atoms with Crippen molar-refractivity contribution >= 4 is 0 Å². The average molecular weight is 140 g/mol. The molecule has 10 heavy (non-hydrogen) atoms. The molecule has 1 heterocycles. The minimum Gasteiger partial charge on any atom is -0.381 e. The van der Waals surface area contributed by atoms with Crippen LogP contribution in [0, 0.1) is 17.8 Å². The van der Waals surface area contributed by atoms with E-state index in [0.29, 0.717) is 0 Å². The summed E-state index contributed by atoms with van der Waals surface area (Å²) in [6, 6.07) is 0. The number of hydrogen-bond donors (Lipinski definition) is 0. The highest BCUT2D eigenvalue weighted by Gasteiger charge is 2.37. The highest BCUT2D eigenvalue weighted by atomic mass is 16.5. The Morgan fingerprint density at radius 2 is 1.80 bits per heavy atom. The molecule has 1 saturated heterocycles. The Bertz CT molecular complexity index is 110. The Kier molecular flexibility index (Phi) is 1.69. The molecule has 2 fully saturated rings. The van der Waals surface area contributed by atoms with Gasteiger partial charge in [0.05, 0.1) is 0 Å². The number of ether oxygens (including phenoxy) is 1. The molecule has 58 valence electrons. The lowest BCUT2D eigenvalue weighted by atomic mass is 10.0. The molecule has 3 atom stereocenters. The quantitative estimate of drug-likeness (QED) is 0.541. The minimum atomic E-state index is 0.935. The van der Waals surface area contributed by atoms with Gasteiger partial charge in [-0.15, -0.1) is 0 Å². The number of rotatable bonds is 1. The first-order chi connectivity index (χ1) is 4.90. The second-order valence-electron chi connectivity index (χ2n) is 3.80. The Morgan fingerprint density at radius 1 is 1.20 bits per heavy atom. The van der Waals surface area contributed by atoms with Crippen molar-refractivity contribution in [2.45, 2.75) is 26.2 Å². The van der Waals surface area contributed by atoms with Crippen LogP contribution in [0.3, 0.4) is 0 Å². The van der Waals surface area contributed by atoms with Gasteiger partial charge in [-0.3, -0.25) is 0 Å². The monoisotopic (exact) mass is 140 g/mol. The molecule has 0 aromatic carbocycles. The van der Waals surface area contributed by atoms with Crippen LogP contribution in [-0.2, 0) is 4.74 Å². The largest absolute Gasteiger partial charge is 0.381 e. The standard InChI is InChI=1S/C9H16O/c1-2-7-3-8-5-10-6-9(8)4-7/h7-9H,2-6H2,1H3/t7?,8-,9+. The average Bonchev–Trinajstić information content (AvgIpc) is 2.42. The summed E-state index contributed by atoms with van der Waals surface area (Å²) in [5, 5.41) is 0. The SMILES string of the molecule is CCC1C[C@H]2COC[C@H]2C1. The van der Waals surface area contributed by atoms with Gasteiger partial charge in [-0.25, -0.2) is 0 Å². The van der Waals surface area contributed by atoms with Crippen LogP contribution in [0.1, 0.15) is 26.2 Å². The third-order valence-electron chi connectivity index (χ3n) is 3.18. The molecule has 0 bridgehead atoms. The van der Waals surface area contributed by atoms with Gasteiger partial charge in [-0.1, -0.05) is 13.3 Å². The zero-order valence-corrected chi connectivity index (χ0v) is 6.68. The van der Waals surface area contributed by atoms with Gasteiger partial charge in [0, 0.05) is 13.2 Å². The molecular weight excluding hydrogens is 124 g/mol. The van der Waals surface area contributed by atoms with Gasteiger partial charge in [0.1, 0.15) is 0 Å². The molecule has 0 radical (unpaired) electrons. The van der Waals surface area contributed by atoms with E-state index < -0.39 is 0 Å². The van der Waals surface area contributed by atoms with Crippen molar-refractivity contribution in [2.75, 3.05) is 13.2 Å². The van der Waals surface area contributed by atoms with E-state index >= 15 is 0 Å². The van der Waals surface area contributed by atoms with Crippen LogP contribution >= 0.6 is 0 Å². The van der Waals surface area contributed by atoms with Crippen molar-refractivity contribution in [1.29, 1.82) is 0 Å². The maximum absolute atomic E-state index is 5.40. The Balaban J connectivity index is 1.94. The summed E-state index contributed by atoms with van der Waals surface area (Å²) in [4.78, 5) is 0. The van der Waals surface area contributed by atoms with Gasteiger partial charge in [0.25, 0.3) is 0 Å². The van der Waals surface area contributed by atoms with Crippen LogP contribution in [0.4, 0.5) is 0 Å². The lowest BCUT2D eigenvalue weighted by molar-refractivity contribution is 0.166. The van der Waals surface area contributed by atoms with Gasteiger partial charge >= 0.3 is 0 Å². The highest BCUT2D eigenvalue weighted by molar-refractivity contribution is 4.85. The first kappa shape index (κ1) is 6.66. The van der Waals surface area contributed by atoms with Crippen molar-refractivity contribution < 1.29 is 4.74 Å². The molecule has 1 aliphatic heterocycles. The van der Waals surface area contributed by atoms with E-state index in [4.69, 9.17) is 4.74 Å². The number of hydrogen-bond acceptors (Lipinski definition) is 1. The number of fused-ring (bicyclic) bond motifs is 1. The third-order valence-corrected chi connectivity index (χ3v) is 3.18. The van der Waals surface area contributed by atoms with Crippen LogP contribution < -0.4 is 0 Å². The molecule has 1 unspecified atom stereocenters.